The molecule has 5 nitrogen and oxygen atoms in total. The number of nitrogens with one attached hydrogen (secondary N) is 1. The van der Waals surface area contributed by atoms with Crippen LogP contribution in [0.15, 0.2) is 18.5 Å². The molecule has 0 bridgehead atoms. The molecule has 0 aliphatic heterocycles. The maximum atomic E-state index is 5.90. The third-order valence-corrected chi connectivity index (χ3v) is 3.15. The Morgan fingerprint density at radius 1 is 1.05 bits per heavy atom. The van der Waals surface area contributed by atoms with Crippen LogP contribution in [0.5, 0.6) is 11.6 Å². The number of nitrogens with two attached hydrogens (primary N) is 1. The smallest absolute Gasteiger partial charge is 0.227 e. The van der Waals surface area contributed by atoms with E-state index in [1.165, 1.54) is 11.9 Å². The van der Waals surface area contributed by atoms with Gasteiger partial charge in [-0.15, -0.1) is 0 Å². The summed E-state index contributed by atoms with van der Waals surface area (Å²) < 4.78 is 5.90. The van der Waals surface area contributed by atoms with E-state index in [0.717, 1.165) is 22.4 Å². The van der Waals surface area contributed by atoms with Crippen LogP contribution >= 0.6 is 0 Å². The molecule has 0 amide bonds. The number of rotatable bonds is 3. The zero-order chi connectivity index (χ0) is 14.0. The highest BCUT2D eigenvalue weighted by Gasteiger charge is 2.11. The zero-order valence-corrected chi connectivity index (χ0v) is 11.6. The second-order valence-electron chi connectivity index (χ2n) is 4.60. The van der Waals surface area contributed by atoms with E-state index in [2.05, 4.69) is 28.4 Å². The Kier molecular flexibility index (Phi) is 3.66. The molecule has 0 spiro atoms. The summed E-state index contributed by atoms with van der Waals surface area (Å²) in [5.41, 5.74) is 6.76. The molecule has 19 heavy (non-hydrogen) atoms. The van der Waals surface area contributed by atoms with Crippen LogP contribution in [0, 0.1) is 27.7 Å². The Hall–Kier alpha value is -2.14. The fraction of sp³-hybridized carbons (Fsp3) is 0.286. The van der Waals surface area contributed by atoms with Crippen LogP contribution in [0.1, 0.15) is 22.3 Å². The molecule has 3 N–H and O–H groups in total. The summed E-state index contributed by atoms with van der Waals surface area (Å²) in [4.78, 5) is 8.18. The van der Waals surface area contributed by atoms with E-state index in [1.54, 1.807) is 0 Å². The third kappa shape index (κ3) is 2.66. The molecule has 0 saturated carbocycles. The highest BCUT2D eigenvalue weighted by molar-refractivity contribution is 5.49. The van der Waals surface area contributed by atoms with Gasteiger partial charge in [-0.3, -0.25) is 0 Å². The summed E-state index contributed by atoms with van der Waals surface area (Å²) in [5.74, 6) is 7.28. The number of nitrogen functional groups attached to an aromatic ring is 1. The minimum absolute atomic E-state index is 0.510. The lowest BCUT2D eigenvalue weighted by Gasteiger charge is -2.13. The van der Waals surface area contributed by atoms with Gasteiger partial charge in [0.2, 0.25) is 5.88 Å². The van der Waals surface area contributed by atoms with Gasteiger partial charge in [0, 0.05) is 0 Å². The molecular weight excluding hydrogens is 240 g/mol. The summed E-state index contributed by atoms with van der Waals surface area (Å²) in [5, 5.41) is 0. The fourth-order valence-electron chi connectivity index (χ4n) is 1.89. The lowest BCUT2D eigenvalue weighted by molar-refractivity contribution is 0.453. The SMILES string of the molecule is Cc1cc(C)c(C)c(Oc2ncnc(NN)c2C)c1. The number of anilines is 1. The number of aryl methyl sites for hydroxylation is 2. The van der Waals surface area contributed by atoms with Crippen molar-refractivity contribution >= 4 is 5.82 Å². The van der Waals surface area contributed by atoms with Crippen molar-refractivity contribution in [3.63, 3.8) is 0 Å². The molecule has 0 radical (unpaired) electrons. The van der Waals surface area contributed by atoms with Gasteiger partial charge in [-0.2, -0.15) is 0 Å². The van der Waals surface area contributed by atoms with Crippen molar-refractivity contribution in [2.75, 3.05) is 5.43 Å². The van der Waals surface area contributed by atoms with Gasteiger partial charge >= 0.3 is 0 Å². The number of hydrazine groups is 1. The van der Waals surface area contributed by atoms with Gasteiger partial charge in [0.25, 0.3) is 0 Å². The quantitative estimate of drug-likeness (QED) is 0.654. The van der Waals surface area contributed by atoms with Gasteiger partial charge in [-0.25, -0.2) is 15.8 Å². The van der Waals surface area contributed by atoms with Crippen molar-refractivity contribution in [1.82, 2.24) is 9.97 Å². The molecule has 1 aromatic heterocycles. The standard InChI is InChI=1S/C14H18N4O/c1-8-5-9(2)10(3)12(6-8)19-14-11(4)13(18-15)16-7-17-14/h5-7H,15H2,1-4H3,(H,16,17,18). The van der Waals surface area contributed by atoms with Crippen molar-refractivity contribution < 1.29 is 4.74 Å². The number of aromatic nitrogens is 2. The summed E-state index contributed by atoms with van der Waals surface area (Å²) in [6, 6.07) is 4.13. The summed E-state index contributed by atoms with van der Waals surface area (Å²) in [6.45, 7) is 8.00. The Bertz CT molecular complexity index is 611. The first-order valence-electron chi connectivity index (χ1n) is 6.07. The number of hydrogen-bond acceptors (Lipinski definition) is 5. The highest BCUT2D eigenvalue weighted by Crippen LogP contribution is 2.30. The van der Waals surface area contributed by atoms with E-state index in [0.29, 0.717) is 11.7 Å². The van der Waals surface area contributed by atoms with Crippen LogP contribution in [0.4, 0.5) is 5.82 Å². The first kappa shape index (κ1) is 13.3. The van der Waals surface area contributed by atoms with E-state index in [-0.39, 0.29) is 0 Å². The second-order valence-corrected chi connectivity index (χ2v) is 4.60. The van der Waals surface area contributed by atoms with Crippen LogP contribution in [-0.4, -0.2) is 9.97 Å². The molecule has 100 valence electrons. The molecule has 0 aliphatic rings. The predicted molar refractivity (Wildman–Crippen MR) is 75.3 cm³/mol. The predicted octanol–water partition coefficient (Wildman–Crippen LogP) is 2.79. The largest absolute Gasteiger partial charge is 0.438 e. The molecule has 1 heterocycles. The Morgan fingerprint density at radius 2 is 1.79 bits per heavy atom. The van der Waals surface area contributed by atoms with E-state index >= 15 is 0 Å². The summed E-state index contributed by atoms with van der Waals surface area (Å²) in [6.07, 6.45) is 1.43. The maximum absolute atomic E-state index is 5.90. The van der Waals surface area contributed by atoms with E-state index < -0.39 is 0 Å². The lowest BCUT2D eigenvalue weighted by atomic mass is 10.1. The van der Waals surface area contributed by atoms with Crippen molar-refractivity contribution in [3.8, 4) is 11.6 Å². The van der Waals surface area contributed by atoms with E-state index in [1.807, 2.05) is 26.8 Å². The average Bonchev–Trinajstić information content (AvgIpc) is 2.37. The third-order valence-electron chi connectivity index (χ3n) is 3.15. The van der Waals surface area contributed by atoms with Crippen molar-refractivity contribution in [2.24, 2.45) is 5.84 Å². The minimum atomic E-state index is 0.510. The van der Waals surface area contributed by atoms with Crippen LogP contribution in [0.3, 0.4) is 0 Å². The molecule has 0 saturated heterocycles. The summed E-state index contributed by atoms with van der Waals surface area (Å²) in [7, 11) is 0. The van der Waals surface area contributed by atoms with E-state index in [4.69, 9.17) is 10.6 Å². The topological polar surface area (TPSA) is 73.1 Å². The minimum Gasteiger partial charge on any atom is -0.438 e. The first-order valence-corrected chi connectivity index (χ1v) is 6.07. The van der Waals surface area contributed by atoms with Crippen molar-refractivity contribution in [3.05, 3.63) is 40.7 Å². The van der Waals surface area contributed by atoms with Gasteiger partial charge in [-0.05, 0) is 50.5 Å². The maximum Gasteiger partial charge on any atom is 0.227 e. The molecule has 1 aromatic carbocycles. The molecule has 0 atom stereocenters. The van der Waals surface area contributed by atoms with Gasteiger partial charge in [-0.1, -0.05) is 6.07 Å². The lowest BCUT2D eigenvalue weighted by Crippen LogP contribution is -2.11. The Balaban J connectivity index is 2.42. The number of nitrogens with zero attached hydrogens (tertiary/aromatic N) is 2. The fourth-order valence-corrected chi connectivity index (χ4v) is 1.89. The normalized spacial score (nSPS) is 10.4. The van der Waals surface area contributed by atoms with Gasteiger partial charge in [0.15, 0.2) is 0 Å². The molecule has 0 fully saturated rings. The van der Waals surface area contributed by atoms with Crippen LogP contribution in [-0.2, 0) is 0 Å². The molecule has 2 rings (SSSR count). The molecular formula is C14H18N4O. The van der Waals surface area contributed by atoms with Crippen LogP contribution in [0.2, 0.25) is 0 Å². The van der Waals surface area contributed by atoms with Crippen LogP contribution in [0.25, 0.3) is 0 Å². The Morgan fingerprint density at radius 3 is 2.47 bits per heavy atom. The molecule has 0 aliphatic carbocycles. The van der Waals surface area contributed by atoms with Gasteiger partial charge in [0.05, 0.1) is 5.56 Å². The zero-order valence-electron chi connectivity index (χ0n) is 11.6. The number of benzene rings is 1. The highest BCUT2D eigenvalue weighted by atomic mass is 16.5. The first-order chi connectivity index (χ1) is 9.02. The second kappa shape index (κ2) is 5.24. The molecule has 2 aromatic rings. The van der Waals surface area contributed by atoms with Crippen LogP contribution < -0.4 is 16.0 Å². The summed E-state index contributed by atoms with van der Waals surface area (Å²) >= 11 is 0. The Labute approximate surface area is 112 Å². The van der Waals surface area contributed by atoms with Crippen molar-refractivity contribution in [2.45, 2.75) is 27.7 Å². The monoisotopic (exact) mass is 258 g/mol. The molecule has 0 unspecified atom stereocenters. The van der Waals surface area contributed by atoms with Gasteiger partial charge < -0.3 is 10.2 Å². The van der Waals surface area contributed by atoms with Crippen molar-refractivity contribution in [1.29, 1.82) is 0 Å². The van der Waals surface area contributed by atoms with Gasteiger partial charge in [0.1, 0.15) is 17.9 Å². The number of ether oxygens (including phenoxy) is 1. The average molecular weight is 258 g/mol. The van der Waals surface area contributed by atoms with E-state index in [9.17, 15) is 0 Å². The molecule has 5 heteroatoms. The number of hydrogen-bond donors (Lipinski definition) is 2.